The molecule has 4 nitrogen and oxygen atoms in total. The molecule has 118 valence electrons. The van der Waals surface area contributed by atoms with E-state index >= 15 is 0 Å². The molecule has 4 heteroatoms. The molecule has 1 rings (SSSR count). The number of rotatable bonds is 10. The molecule has 0 heterocycles. The van der Waals surface area contributed by atoms with Crippen LogP contribution in [0.25, 0.3) is 0 Å². The molecule has 0 unspecified atom stereocenters. The second kappa shape index (κ2) is 9.53. The van der Waals surface area contributed by atoms with Gasteiger partial charge in [-0.2, -0.15) is 0 Å². The van der Waals surface area contributed by atoms with Gasteiger partial charge in [-0.1, -0.05) is 6.92 Å². The van der Waals surface area contributed by atoms with Crippen LogP contribution in [0.4, 0.5) is 0 Å². The van der Waals surface area contributed by atoms with Crippen LogP contribution in [0.1, 0.15) is 43.6 Å². The number of ether oxygens (including phenoxy) is 2. The highest BCUT2D eigenvalue weighted by molar-refractivity contribution is 5.94. The number of hydrogen-bond donors (Lipinski definition) is 0. The maximum absolute atomic E-state index is 11.6. The summed E-state index contributed by atoms with van der Waals surface area (Å²) in [5, 5.41) is 0. The number of nitrogens with zero attached hydrogens (tertiary/aromatic N) is 1. The summed E-state index contributed by atoms with van der Waals surface area (Å²) in [6.07, 6.45) is 0. The van der Waals surface area contributed by atoms with E-state index in [1.54, 1.807) is 6.92 Å². The van der Waals surface area contributed by atoms with Crippen molar-refractivity contribution in [2.24, 2.45) is 0 Å². The molecule has 1 aromatic rings. The molecule has 0 saturated carbocycles. The Morgan fingerprint density at radius 3 is 2.52 bits per heavy atom. The van der Waals surface area contributed by atoms with Crippen LogP contribution in [0, 0.1) is 0 Å². The minimum Gasteiger partial charge on any atom is -0.494 e. The van der Waals surface area contributed by atoms with Gasteiger partial charge in [-0.3, -0.25) is 9.69 Å². The summed E-state index contributed by atoms with van der Waals surface area (Å²) >= 11 is 0. The van der Waals surface area contributed by atoms with Crippen LogP contribution < -0.4 is 4.74 Å². The molecule has 0 spiro atoms. The zero-order chi connectivity index (χ0) is 15.7. The van der Waals surface area contributed by atoms with E-state index in [1.165, 1.54) is 0 Å². The van der Waals surface area contributed by atoms with Crippen LogP contribution in [0.5, 0.6) is 5.75 Å². The van der Waals surface area contributed by atoms with Crippen molar-refractivity contribution in [3.05, 3.63) is 29.3 Å². The number of hydrogen-bond acceptors (Lipinski definition) is 4. The monoisotopic (exact) mass is 293 g/mol. The summed E-state index contributed by atoms with van der Waals surface area (Å²) in [5.41, 5.74) is 1.79. The standard InChI is InChI=1S/C17H27NO3/c1-5-18(10-11-20-6-2)13-16-12-15(14(4)19)8-9-17(16)21-7-3/h8-9,12H,5-7,10-11,13H2,1-4H3. The van der Waals surface area contributed by atoms with Crippen LogP contribution in [0.15, 0.2) is 18.2 Å². The average molecular weight is 293 g/mol. The highest BCUT2D eigenvalue weighted by Gasteiger charge is 2.11. The number of ketones is 1. The van der Waals surface area contributed by atoms with Gasteiger partial charge in [0.15, 0.2) is 5.78 Å². The molecular formula is C17H27NO3. The van der Waals surface area contributed by atoms with E-state index in [0.717, 1.165) is 49.7 Å². The first-order valence-electron chi connectivity index (χ1n) is 7.69. The molecule has 0 atom stereocenters. The van der Waals surface area contributed by atoms with Crippen LogP contribution in [-0.2, 0) is 11.3 Å². The first-order valence-corrected chi connectivity index (χ1v) is 7.69. The van der Waals surface area contributed by atoms with Gasteiger partial charge >= 0.3 is 0 Å². The van der Waals surface area contributed by atoms with Crippen LogP contribution >= 0.6 is 0 Å². The van der Waals surface area contributed by atoms with Crippen molar-refractivity contribution < 1.29 is 14.3 Å². The average Bonchev–Trinajstić information content (AvgIpc) is 2.48. The van der Waals surface area contributed by atoms with E-state index in [2.05, 4.69) is 11.8 Å². The zero-order valence-corrected chi connectivity index (χ0v) is 13.6. The van der Waals surface area contributed by atoms with E-state index in [-0.39, 0.29) is 5.78 Å². The molecule has 0 N–H and O–H groups in total. The Hall–Kier alpha value is -1.39. The number of benzene rings is 1. The Morgan fingerprint density at radius 1 is 1.19 bits per heavy atom. The minimum atomic E-state index is 0.0802. The van der Waals surface area contributed by atoms with Gasteiger partial charge in [0.05, 0.1) is 13.2 Å². The Bertz CT molecular complexity index is 446. The topological polar surface area (TPSA) is 38.8 Å². The van der Waals surface area contributed by atoms with Crippen molar-refractivity contribution in [1.82, 2.24) is 4.90 Å². The maximum Gasteiger partial charge on any atom is 0.159 e. The number of Topliss-reactive ketones (excluding diaryl/α,β-unsaturated/α-hetero) is 1. The van der Waals surface area contributed by atoms with Crippen molar-refractivity contribution in [3.8, 4) is 5.75 Å². The number of carbonyl (C=O) groups is 1. The van der Waals surface area contributed by atoms with Gasteiger partial charge in [-0.25, -0.2) is 0 Å². The molecular weight excluding hydrogens is 266 g/mol. The van der Waals surface area contributed by atoms with E-state index in [4.69, 9.17) is 9.47 Å². The van der Waals surface area contributed by atoms with Gasteiger partial charge in [0.1, 0.15) is 5.75 Å². The molecule has 0 aliphatic carbocycles. The SMILES string of the molecule is CCOCCN(CC)Cc1cc(C(C)=O)ccc1OCC. The molecule has 0 aliphatic heterocycles. The third kappa shape index (κ3) is 5.86. The first-order chi connectivity index (χ1) is 10.1. The quantitative estimate of drug-likeness (QED) is 0.491. The van der Waals surface area contributed by atoms with Gasteiger partial charge in [0, 0.05) is 30.8 Å². The predicted molar refractivity (Wildman–Crippen MR) is 85.1 cm³/mol. The van der Waals surface area contributed by atoms with Gasteiger partial charge in [-0.15, -0.1) is 0 Å². The van der Waals surface area contributed by atoms with E-state index in [1.807, 2.05) is 32.0 Å². The molecule has 0 fully saturated rings. The van der Waals surface area contributed by atoms with Crippen molar-refractivity contribution in [1.29, 1.82) is 0 Å². The summed E-state index contributed by atoms with van der Waals surface area (Å²) in [4.78, 5) is 13.8. The molecule has 0 saturated heterocycles. The van der Waals surface area contributed by atoms with Gasteiger partial charge in [-0.05, 0) is 45.5 Å². The Balaban J connectivity index is 2.85. The Kier molecular flexibility index (Phi) is 8.01. The van der Waals surface area contributed by atoms with Crippen molar-refractivity contribution >= 4 is 5.78 Å². The zero-order valence-electron chi connectivity index (χ0n) is 13.6. The van der Waals surface area contributed by atoms with E-state index in [9.17, 15) is 4.79 Å². The molecule has 1 aromatic carbocycles. The molecule has 0 aromatic heterocycles. The third-order valence-electron chi connectivity index (χ3n) is 3.36. The molecule has 0 amide bonds. The maximum atomic E-state index is 11.6. The van der Waals surface area contributed by atoms with Gasteiger partial charge in [0.25, 0.3) is 0 Å². The second-order valence-electron chi connectivity index (χ2n) is 4.88. The summed E-state index contributed by atoms with van der Waals surface area (Å²) in [6.45, 7) is 12.3. The third-order valence-corrected chi connectivity index (χ3v) is 3.36. The summed E-state index contributed by atoms with van der Waals surface area (Å²) < 4.78 is 11.1. The first kappa shape index (κ1) is 17.7. The summed E-state index contributed by atoms with van der Waals surface area (Å²) in [7, 11) is 0. The Labute approximate surface area is 128 Å². The lowest BCUT2D eigenvalue weighted by Gasteiger charge is -2.22. The molecule has 21 heavy (non-hydrogen) atoms. The lowest BCUT2D eigenvalue weighted by Crippen LogP contribution is -2.27. The summed E-state index contributed by atoms with van der Waals surface area (Å²) in [5.74, 6) is 0.939. The summed E-state index contributed by atoms with van der Waals surface area (Å²) in [6, 6.07) is 5.66. The Morgan fingerprint density at radius 2 is 1.95 bits per heavy atom. The van der Waals surface area contributed by atoms with Gasteiger partial charge in [0.2, 0.25) is 0 Å². The normalized spacial score (nSPS) is 10.9. The fourth-order valence-corrected chi connectivity index (χ4v) is 2.15. The predicted octanol–water partition coefficient (Wildman–Crippen LogP) is 3.15. The molecule has 0 radical (unpaired) electrons. The molecule has 0 aliphatic rings. The molecule has 0 bridgehead atoms. The van der Waals surface area contributed by atoms with E-state index < -0.39 is 0 Å². The fourth-order valence-electron chi connectivity index (χ4n) is 2.15. The largest absolute Gasteiger partial charge is 0.494 e. The highest BCUT2D eigenvalue weighted by atomic mass is 16.5. The fraction of sp³-hybridized carbons (Fsp3) is 0.588. The van der Waals surface area contributed by atoms with Crippen molar-refractivity contribution in [2.75, 3.05) is 32.9 Å². The van der Waals surface area contributed by atoms with Gasteiger partial charge < -0.3 is 9.47 Å². The van der Waals surface area contributed by atoms with Crippen LogP contribution in [0.2, 0.25) is 0 Å². The van der Waals surface area contributed by atoms with Crippen LogP contribution in [0.3, 0.4) is 0 Å². The second-order valence-corrected chi connectivity index (χ2v) is 4.88. The van der Waals surface area contributed by atoms with E-state index in [0.29, 0.717) is 6.61 Å². The van der Waals surface area contributed by atoms with Crippen molar-refractivity contribution in [3.63, 3.8) is 0 Å². The van der Waals surface area contributed by atoms with Crippen molar-refractivity contribution in [2.45, 2.75) is 34.2 Å². The van der Waals surface area contributed by atoms with Crippen LogP contribution in [-0.4, -0.2) is 43.6 Å². The smallest absolute Gasteiger partial charge is 0.159 e. The lowest BCUT2D eigenvalue weighted by atomic mass is 10.1. The number of likely N-dealkylation sites (N-methyl/N-ethyl adjacent to an activating group) is 1. The highest BCUT2D eigenvalue weighted by Crippen LogP contribution is 2.22. The number of carbonyl (C=O) groups excluding carboxylic acids is 1. The minimum absolute atomic E-state index is 0.0802. The lowest BCUT2D eigenvalue weighted by molar-refractivity contribution is 0.101.